The Kier molecular flexibility index (Phi) is 6.46. The number of benzene rings is 2. The minimum absolute atomic E-state index is 0.114. The lowest BCUT2D eigenvalue weighted by Gasteiger charge is -2.21. The fourth-order valence-electron chi connectivity index (χ4n) is 4.33. The van der Waals surface area contributed by atoms with E-state index >= 15 is 0 Å². The predicted octanol–water partition coefficient (Wildman–Crippen LogP) is 5.51. The summed E-state index contributed by atoms with van der Waals surface area (Å²) in [6.45, 7) is 7.57. The van der Waals surface area contributed by atoms with E-state index in [1.807, 2.05) is 82.3 Å². The van der Waals surface area contributed by atoms with Crippen molar-refractivity contribution in [1.82, 2.24) is 9.47 Å². The number of imide groups is 1. The summed E-state index contributed by atoms with van der Waals surface area (Å²) in [7, 11) is 0. The zero-order valence-corrected chi connectivity index (χ0v) is 20.0. The molecule has 178 valence electrons. The summed E-state index contributed by atoms with van der Waals surface area (Å²) in [4.78, 5) is 39.7. The van der Waals surface area contributed by atoms with Crippen molar-refractivity contribution in [3.05, 3.63) is 71.9 Å². The number of amides is 2. The van der Waals surface area contributed by atoms with Crippen molar-refractivity contribution in [3.63, 3.8) is 0 Å². The monoisotopic (exact) mass is 462 g/mol. The van der Waals surface area contributed by atoms with Gasteiger partial charge in [-0.25, -0.2) is 14.5 Å². The Balaban J connectivity index is 1.55. The smallest absolute Gasteiger partial charge is 0.419 e. The van der Waals surface area contributed by atoms with E-state index in [1.165, 1.54) is 9.47 Å². The Labute approximate surface area is 199 Å². The lowest BCUT2D eigenvalue weighted by Crippen LogP contribution is -2.40. The van der Waals surface area contributed by atoms with E-state index < -0.39 is 17.8 Å². The summed E-state index contributed by atoms with van der Waals surface area (Å²) >= 11 is 0. The van der Waals surface area contributed by atoms with Gasteiger partial charge < -0.3 is 9.47 Å². The molecular weight excluding hydrogens is 432 g/mol. The van der Waals surface area contributed by atoms with Gasteiger partial charge in [-0.3, -0.25) is 9.36 Å². The minimum atomic E-state index is -0.631. The fourth-order valence-corrected chi connectivity index (χ4v) is 4.33. The van der Waals surface area contributed by atoms with Crippen molar-refractivity contribution in [1.29, 1.82) is 0 Å². The van der Waals surface area contributed by atoms with Crippen molar-refractivity contribution in [2.75, 3.05) is 6.61 Å². The molecule has 0 aliphatic carbocycles. The molecule has 34 heavy (non-hydrogen) atoms. The summed E-state index contributed by atoms with van der Waals surface area (Å²) < 4.78 is 12.3. The second-order valence-corrected chi connectivity index (χ2v) is 9.74. The van der Waals surface area contributed by atoms with Gasteiger partial charge in [0, 0.05) is 18.0 Å². The summed E-state index contributed by atoms with van der Waals surface area (Å²) in [5, 5.41) is 0.874. The van der Waals surface area contributed by atoms with Crippen molar-refractivity contribution in [3.8, 4) is 0 Å². The largest absolute Gasteiger partial charge is 0.447 e. The van der Waals surface area contributed by atoms with Crippen LogP contribution in [0.2, 0.25) is 0 Å². The summed E-state index contributed by atoms with van der Waals surface area (Å²) in [6, 6.07) is 16.9. The van der Waals surface area contributed by atoms with E-state index in [9.17, 15) is 14.4 Å². The molecule has 7 heteroatoms. The van der Waals surface area contributed by atoms with Gasteiger partial charge in [0.1, 0.15) is 12.2 Å². The number of fused-ring (bicyclic) bond motifs is 1. The second kappa shape index (κ2) is 9.33. The maximum absolute atomic E-state index is 13.2. The maximum Gasteiger partial charge on any atom is 0.419 e. The normalized spacial score (nSPS) is 17.0. The van der Waals surface area contributed by atoms with Crippen LogP contribution in [-0.4, -0.2) is 45.8 Å². The molecule has 0 radical (unpaired) electrons. The molecule has 1 aromatic heterocycles. The highest BCUT2D eigenvalue weighted by molar-refractivity contribution is 5.95. The molecule has 1 saturated heterocycles. The van der Waals surface area contributed by atoms with Crippen LogP contribution in [-0.2, 0) is 20.7 Å². The third-order valence-corrected chi connectivity index (χ3v) is 5.89. The van der Waals surface area contributed by atoms with Crippen molar-refractivity contribution in [2.24, 2.45) is 0 Å². The zero-order chi connectivity index (χ0) is 24.5. The molecule has 1 fully saturated rings. The number of nitrogens with zero attached hydrogens (tertiary/aromatic N) is 2. The van der Waals surface area contributed by atoms with Crippen LogP contribution in [0.5, 0.6) is 0 Å². The number of hydrogen-bond donors (Lipinski definition) is 0. The first kappa shape index (κ1) is 23.5. The van der Waals surface area contributed by atoms with Crippen LogP contribution < -0.4 is 0 Å². The van der Waals surface area contributed by atoms with Crippen LogP contribution in [0.25, 0.3) is 10.9 Å². The lowest BCUT2D eigenvalue weighted by atomic mass is 9.96. The Bertz CT molecular complexity index is 1210. The quantitative estimate of drug-likeness (QED) is 0.500. The first-order valence-electron chi connectivity index (χ1n) is 11.5. The van der Waals surface area contributed by atoms with Crippen LogP contribution in [0.1, 0.15) is 51.2 Å². The number of cyclic esters (lactones) is 1. The average molecular weight is 463 g/mol. The van der Waals surface area contributed by atoms with Crippen LogP contribution >= 0.6 is 0 Å². The number of ether oxygens (including phenoxy) is 2. The van der Waals surface area contributed by atoms with E-state index in [1.54, 1.807) is 6.20 Å². The predicted molar refractivity (Wildman–Crippen MR) is 129 cm³/mol. The van der Waals surface area contributed by atoms with E-state index in [0.717, 1.165) is 16.5 Å². The Morgan fingerprint density at radius 1 is 1.09 bits per heavy atom. The van der Waals surface area contributed by atoms with Crippen LogP contribution in [0.3, 0.4) is 0 Å². The number of para-hydroxylation sites is 1. The number of hydrogen-bond acceptors (Lipinski definition) is 5. The third kappa shape index (κ3) is 4.98. The molecule has 4 rings (SSSR count). The highest BCUT2D eigenvalue weighted by Gasteiger charge is 2.38. The first-order chi connectivity index (χ1) is 16.1. The standard InChI is InChI=1S/C27H30N2O5/c1-18(14-24(30)29-20(17-33-26(29)32)15-19-10-6-5-7-11-19)22-16-28(25(31)34-27(2,3)4)23-13-9-8-12-21(22)23/h5-13,16,18,20H,14-15,17H2,1-4H3/t18?,20-/m1/s1. The maximum atomic E-state index is 13.2. The molecule has 2 atom stereocenters. The van der Waals surface area contributed by atoms with Gasteiger partial charge in [-0.2, -0.15) is 0 Å². The van der Waals surface area contributed by atoms with Gasteiger partial charge in [0.05, 0.1) is 11.6 Å². The number of carbonyl (C=O) groups excluding carboxylic acids is 3. The van der Waals surface area contributed by atoms with E-state index in [4.69, 9.17) is 9.47 Å². The molecule has 2 amide bonds. The van der Waals surface area contributed by atoms with E-state index in [0.29, 0.717) is 11.9 Å². The molecule has 0 spiro atoms. The molecule has 1 aliphatic rings. The number of carbonyl (C=O) groups is 3. The summed E-state index contributed by atoms with van der Waals surface area (Å²) in [5.74, 6) is -0.517. The summed E-state index contributed by atoms with van der Waals surface area (Å²) in [5.41, 5.74) is 1.97. The van der Waals surface area contributed by atoms with E-state index in [-0.39, 0.29) is 30.9 Å². The second-order valence-electron chi connectivity index (χ2n) is 9.74. The molecule has 0 N–H and O–H groups in total. The fraction of sp³-hybridized carbons (Fsp3) is 0.370. The summed E-state index contributed by atoms with van der Waals surface area (Å²) in [6.07, 6.45) is 1.32. The molecule has 3 aromatic rings. The Morgan fingerprint density at radius 2 is 1.76 bits per heavy atom. The zero-order valence-electron chi connectivity index (χ0n) is 20.0. The molecule has 1 aliphatic heterocycles. The molecule has 7 nitrogen and oxygen atoms in total. The SMILES string of the molecule is CC(CC(=O)N1C(=O)OC[C@H]1Cc1ccccc1)c1cn(C(=O)OC(C)(C)C)c2ccccc12. The number of rotatable bonds is 5. The lowest BCUT2D eigenvalue weighted by molar-refractivity contribution is -0.129. The van der Waals surface area contributed by atoms with Gasteiger partial charge in [-0.1, -0.05) is 55.5 Å². The Hall–Kier alpha value is -3.61. The molecule has 2 aromatic carbocycles. The molecule has 2 heterocycles. The van der Waals surface area contributed by atoms with Crippen molar-refractivity contribution in [2.45, 2.75) is 58.1 Å². The first-order valence-corrected chi connectivity index (χ1v) is 11.5. The minimum Gasteiger partial charge on any atom is -0.447 e. The molecular formula is C27H30N2O5. The van der Waals surface area contributed by atoms with Crippen molar-refractivity contribution < 1.29 is 23.9 Å². The van der Waals surface area contributed by atoms with Gasteiger partial charge in [0.15, 0.2) is 0 Å². The molecule has 1 unspecified atom stereocenters. The van der Waals surface area contributed by atoms with Crippen molar-refractivity contribution >= 4 is 29.0 Å². The highest BCUT2D eigenvalue weighted by atomic mass is 16.6. The van der Waals surface area contributed by atoms with Crippen LogP contribution in [0.4, 0.5) is 9.59 Å². The van der Waals surface area contributed by atoms with Gasteiger partial charge in [0.2, 0.25) is 5.91 Å². The van der Waals surface area contributed by atoms with E-state index in [2.05, 4.69) is 0 Å². The molecule has 0 saturated carbocycles. The number of aromatic nitrogens is 1. The van der Waals surface area contributed by atoms with Crippen LogP contribution in [0, 0.1) is 0 Å². The molecule has 0 bridgehead atoms. The highest BCUT2D eigenvalue weighted by Crippen LogP contribution is 2.31. The topological polar surface area (TPSA) is 77.8 Å². The average Bonchev–Trinajstić information content (AvgIpc) is 3.34. The van der Waals surface area contributed by atoms with Gasteiger partial charge in [-0.15, -0.1) is 0 Å². The third-order valence-electron chi connectivity index (χ3n) is 5.89. The Morgan fingerprint density at radius 3 is 2.47 bits per heavy atom. The van der Waals surface area contributed by atoms with Gasteiger partial charge in [0.25, 0.3) is 0 Å². The van der Waals surface area contributed by atoms with Gasteiger partial charge in [-0.05, 0) is 50.3 Å². The van der Waals surface area contributed by atoms with Crippen LogP contribution in [0.15, 0.2) is 60.8 Å². The van der Waals surface area contributed by atoms with Gasteiger partial charge >= 0.3 is 12.2 Å².